The Morgan fingerprint density at radius 1 is 1.33 bits per heavy atom. The van der Waals surface area contributed by atoms with Crippen molar-refractivity contribution in [1.82, 2.24) is 5.32 Å². The van der Waals surface area contributed by atoms with E-state index in [9.17, 15) is 14.9 Å². The Kier molecular flexibility index (Phi) is 4.62. The van der Waals surface area contributed by atoms with E-state index in [0.717, 1.165) is 6.42 Å². The number of nitro benzene ring substituents is 1. The summed E-state index contributed by atoms with van der Waals surface area (Å²) in [5.41, 5.74) is -0.283. The van der Waals surface area contributed by atoms with Crippen LogP contribution in [-0.4, -0.2) is 30.6 Å². The monoisotopic (exact) mass is 294 g/mol. The van der Waals surface area contributed by atoms with Crippen LogP contribution in [-0.2, 0) is 0 Å². The normalized spacial score (nSPS) is 13.1. The number of benzene rings is 1. The molecule has 1 amide bonds. The van der Waals surface area contributed by atoms with Gasteiger partial charge in [-0.05, 0) is 12.3 Å². The van der Waals surface area contributed by atoms with Crippen molar-refractivity contribution < 1.29 is 19.2 Å². The first-order valence-corrected chi connectivity index (χ1v) is 6.85. The van der Waals surface area contributed by atoms with Crippen LogP contribution in [0.15, 0.2) is 12.1 Å². The fourth-order valence-corrected chi connectivity index (χ4v) is 1.98. The van der Waals surface area contributed by atoms with Gasteiger partial charge in [0.15, 0.2) is 11.5 Å². The Morgan fingerprint density at radius 2 is 1.95 bits per heavy atom. The van der Waals surface area contributed by atoms with E-state index in [0.29, 0.717) is 37.2 Å². The van der Waals surface area contributed by atoms with E-state index in [2.05, 4.69) is 5.32 Å². The molecule has 0 spiro atoms. The average molecular weight is 294 g/mol. The molecule has 0 fully saturated rings. The van der Waals surface area contributed by atoms with Crippen LogP contribution in [0.5, 0.6) is 11.5 Å². The summed E-state index contributed by atoms with van der Waals surface area (Å²) >= 11 is 0. The summed E-state index contributed by atoms with van der Waals surface area (Å²) < 4.78 is 10.7. The summed E-state index contributed by atoms with van der Waals surface area (Å²) in [6, 6.07) is 2.61. The number of nitrogens with one attached hydrogen (secondary N) is 1. The molecule has 0 bridgehead atoms. The SMILES string of the molecule is CC(C)CCNC(=O)c1cc2c(cc1[N+](=O)[O-])OCCO2. The van der Waals surface area contributed by atoms with Crippen LogP contribution in [0.2, 0.25) is 0 Å². The highest BCUT2D eigenvalue weighted by Crippen LogP contribution is 2.36. The van der Waals surface area contributed by atoms with Crippen molar-refractivity contribution in [1.29, 1.82) is 0 Å². The zero-order valence-corrected chi connectivity index (χ0v) is 12.0. The number of carbonyl (C=O) groups is 1. The largest absolute Gasteiger partial charge is 0.486 e. The van der Waals surface area contributed by atoms with E-state index in [-0.39, 0.29) is 11.3 Å². The molecule has 114 valence electrons. The smallest absolute Gasteiger partial charge is 0.286 e. The molecule has 0 aromatic heterocycles. The fourth-order valence-electron chi connectivity index (χ4n) is 1.98. The number of hydrogen-bond donors (Lipinski definition) is 1. The van der Waals surface area contributed by atoms with E-state index >= 15 is 0 Å². The molecular formula is C14H18N2O5. The predicted molar refractivity (Wildman–Crippen MR) is 75.9 cm³/mol. The molecule has 1 aliphatic rings. The molecule has 0 saturated heterocycles. The van der Waals surface area contributed by atoms with Crippen molar-refractivity contribution in [2.45, 2.75) is 20.3 Å². The third-order valence-corrected chi connectivity index (χ3v) is 3.11. The van der Waals surface area contributed by atoms with Crippen LogP contribution in [0, 0.1) is 16.0 Å². The van der Waals surface area contributed by atoms with Crippen LogP contribution in [0.25, 0.3) is 0 Å². The molecule has 7 heteroatoms. The number of rotatable bonds is 5. The van der Waals surface area contributed by atoms with Gasteiger partial charge in [-0.25, -0.2) is 0 Å². The number of ether oxygens (including phenoxy) is 2. The topological polar surface area (TPSA) is 90.7 Å². The molecule has 1 aromatic rings. The van der Waals surface area contributed by atoms with Gasteiger partial charge in [0.2, 0.25) is 0 Å². The molecule has 7 nitrogen and oxygen atoms in total. The number of fused-ring (bicyclic) bond motifs is 1. The lowest BCUT2D eigenvalue weighted by Crippen LogP contribution is -2.26. The highest BCUT2D eigenvalue weighted by atomic mass is 16.6. The first kappa shape index (κ1) is 15.1. The standard InChI is InChI=1S/C14H18N2O5/c1-9(2)3-4-15-14(17)10-7-12-13(21-6-5-20-12)8-11(10)16(18)19/h7-9H,3-6H2,1-2H3,(H,15,17). The number of nitrogens with zero attached hydrogens (tertiary/aromatic N) is 1. The first-order valence-electron chi connectivity index (χ1n) is 6.85. The van der Waals surface area contributed by atoms with Gasteiger partial charge < -0.3 is 14.8 Å². The molecular weight excluding hydrogens is 276 g/mol. The zero-order chi connectivity index (χ0) is 15.4. The summed E-state index contributed by atoms with van der Waals surface area (Å²) in [5, 5.41) is 13.8. The van der Waals surface area contributed by atoms with Crippen LogP contribution in [0.1, 0.15) is 30.6 Å². The molecule has 0 saturated carbocycles. The Hall–Kier alpha value is -2.31. The summed E-state index contributed by atoms with van der Waals surface area (Å²) in [6.45, 7) is 5.25. The van der Waals surface area contributed by atoms with Crippen molar-refractivity contribution in [2.24, 2.45) is 5.92 Å². The summed E-state index contributed by atoms with van der Waals surface area (Å²) in [6.07, 6.45) is 0.810. The highest BCUT2D eigenvalue weighted by Gasteiger charge is 2.26. The predicted octanol–water partition coefficient (Wildman–Crippen LogP) is 2.14. The van der Waals surface area contributed by atoms with Crippen molar-refractivity contribution in [2.75, 3.05) is 19.8 Å². The van der Waals surface area contributed by atoms with Crippen LogP contribution >= 0.6 is 0 Å². The lowest BCUT2D eigenvalue weighted by molar-refractivity contribution is -0.385. The number of hydrogen-bond acceptors (Lipinski definition) is 5. The second-order valence-corrected chi connectivity index (χ2v) is 5.21. The maximum absolute atomic E-state index is 12.1. The minimum absolute atomic E-state index is 0.00648. The Morgan fingerprint density at radius 3 is 2.52 bits per heavy atom. The minimum atomic E-state index is -0.588. The van der Waals surface area contributed by atoms with Crippen LogP contribution < -0.4 is 14.8 Å². The number of carbonyl (C=O) groups excluding carboxylic acids is 1. The van der Waals surface area contributed by atoms with E-state index in [1.807, 2.05) is 13.8 Å². The lowest BCUT2D eigenvalue weighted by Gasteiger charge is -2.19. The Labute approximate surface area is 122 Å². The molecule has 21 heavy (non-hydrogen) atoms. The van der Waals surface area contributed by atoms with Gasteiger partial charge in [-0.1, -0.05) is 13.8 Å². The second-order valence-electron chi connectivity index (χ2n) is 5.21. The highest BCUT2D eigenvalue weighted by molar-refractivity contribution is 5.99. The van der Waals surface area contributed by atoms with Crippen molar-refractivity contribution in [3.05, 3.63) is 27.8 Å². The Balaban J connectivity index is 2.24. The Bertz CT molecular complexity index is 557. The lowest BCUT2D eigenvalue weighted by atomic mass is 10.1. The maximum atomic E-state index is 12.1. The number of amides is 1. The van der Waals surface area contributed by atoms with Crippen molar-refractivity contribution in [3.63, 3.8) is 0 Å². The molecule has 0 unspecified atom stereocenters. The number of nitro groups is 1. The molecule has 1 N–H and O–H groups in total. The van der Waals surface area contributed by atoms with Gasteiger partial charge in [0.1, 0.15) is 18.8 Å². The summed E-state index contributed by atoms with van der Waals surface area (Å²) in [5.74, 6) is 0.632. The van der Waals surface area contributed by atoms with Gasteiger partial charge in [0, 0.05) is 12.6 Å². The van der Waals surface area contributed by atoms with Crippen molar-refractivity contribution in [3.8, 4) is 11.5 Å². The molecule has 1 aromatic carbocycles. The molecule has 2 rings (SSSR count). The third-order valence-electron chi connectivity index (χ3n) is 3.11. The summed E-state index contributed by atoms with van der Waals surface area (Å²) in [7, 11) is 0. The molecule has 0 atom stereocenters. The van der Waals surface area contributed by atoms with E-state index in [1.54, 1.807) is 0 Å². The summed E-state index contributed by atoms with van der Waals surface area (Å²) in [4.78, 5) is 22.7. The molecule has 0 aliphatic carbocycles. The van der Waals surface area contributed by atoms with Gasteiger partial charge in [-0.2, -0.15) is 0 Å². The minimum Gasteiger partial charge on any atom is -0.486 e. The van der Waals surface area contributed by atoms with Gasteiger partial charge in [0.05, 0.1) is 11.0 Å². The maximum Gasteiger partial charge on any atom is 0.286 e. The average Bonchev–Trinajstić information content (AvgIpc) is 2.45. The molecule has 0 radical (unpaired) electrons. The van der Waals surface area contributed by atoms with Crippen LogP contribution in [0.3, 0.4) is 0 Å². The van der Waals surface area contributed by atoms with E-state index < -0.39 is 10.8 Å². The molecule has 1 aliphatic heterocycles. The van der Waals surface area contributed by atoms with Crippen LogP contribution in [0.4, 0.5) is 5.69 Å². The van der Waals surface area contributed by atoms with Gasteiger partial charge in [-0.3, -0.25) is 14.9 Å². The third kappa shape index (κ3) is 3.62. The second kappa shape index (κ2) is 6.43. The van der Waals surface area contributed by atoms with E-state index in [1.165, 1.54) is 12.1 Å². The van der Waals surface area contributed by atoms with E-state index in [4.69, 9.17) is 9.47 Å². The quantitative estimate of drug-likeness (QED) is 0.663. The van der Waals surface area contributed by atoms with Gasteiger partial charge in [-0.15, -0.1) is 0 Å². The van der Waals surface area contributed by atoms with Gasteiger partial charge in [0.25, 0.3) is 11.6 Å². The van der Waals surface area contributed by atoms with Gasteiger partial charge >= 0.3 is 0 Å². The zero-order valence-electron chi connectivity index (χ0n) is 12.0. The molecule has 1 heterocycles. The van der Waals surface area contributed by atoms with Crippen molar-refractivity contribution >= 4 is 11.6 Å². The fraction of sp³-hybridized carbons (Fsp3) is 0.500. The first-order chi connectivity index (χ1) is 9.99.